The summed E-state index contributed by atoms with van der Waals surface area (Å²) in [6.07, 6.45) is -1.42. The highest BCUT2D eigenvalue weighted by molar-refractivity contribution is 5.96. The topological polar surface area (TPSA) is 96.8 Å². The summed E-state index contributed by atoms with van der Waals surface area (Å²) in [5.74, 6) is 0.122. The number of aryl methyl sites for hydroxylation is 2. The first kappa shape index (κ1) is 29.4. The van der Waals surface area contributed by atoms with Gasteiger partial charge in [-0.05, 0) is 50.8 Å². The van der Waals surface area contributed by atoms with E-state index < -0.39 is 17.3 Å². The van der Waals surface area contributed by atoms with E-state index in [4.69, 9.17) is 4.74 Å². The zero-order valence-corrected chi connectivity index (χ0v) is 22.9. The fourth-order valence-electron chi connectivity index (χ4n) is 5.45. The Morgan fingerprint density at radius 3 is 2.52 bits per heavy atom. The molecule has 1 aromatic carbocycles. The second-order valence-electron chi connectivity index (χ2n) is 10.6. The zero-order chi connectivity index (χ0) is 28.9. The number of carbonyl (C=O) groups is 3. The van der Waals surface area contributed by atoms with Gasteiger partial charge in [-0.25, -0.2) is 0 Å². The molecule has 0 radical (unpaired) electrons. The molecule has 4 rings (SSSR count). The van der Waals surface area contributed by atoms with Crippen molar-refractivity contribution in [2.24, 2.45) is 5.41 Å². The first-order chi connectivity index (χ1) is 19.0. The molecule has 3 heterocycles. The smallest absolute Gasteiger partial charge is 0.435 e. The Labute approximate surface area is 231 Å². The fourth-order valence-corrected chi connectivity index (χ4v) is 5.45. The highest BCUT2D eigenvalue weighted by Crippen LogP contribution is 2.39. The summed E-state index contributed by atoms with van der Waals surface area (Å²) in [5, 5.41) is 6.53. The number of carbonyl (C=O) groups excluding carboxylic acids is 3. The van der Waals surface area contributed by atoms with E-state index >= 15 is 0 Å². The average molecular weight is 564 g/mol. The summed E-state index contributed by atoms with van der Waals surface area (Å²) in [5.41, 5.74) is -0.791. The Balaban J connectivity index is 1.37. The van der Waals surface area contributed by atoms with E-state index in [0.717, 1.165) is 12.5 Å². The number of ether oxygens (including phenoxy) is 1. The summed E-state index contributed by atoms with van der Waals surface area (Å²) in [6, 6.07) is 8.00. The zero-order valence-electron chi connectivity index (χ0n) is 22.9. The molecule has 0 saturated carbocycles. The molecular formula is C28H36F3N5O4. The van der Waals surface area contributed by atoms with Gasteiger partial charge in [0.05, 0.1) is 17.5 Å². The molecule has 0 atom stereocenters. The number of halogens is 3. The summed E-state index contributed by atoms with van der Waals surface area (Å²) in [6.45, 7) is 3.43. The highest BCUT2D eigenvalue weighted by atomic mass is 19.4. The summed E-state index contributed by atoms with van der Waals surface area (Å²) in [4.78, 5) is 42.6. The van der Waals surface area contributed by atoms with Crippen molar-refractivity contribution < 1.29 is 32.3 Å². The number of hydrogen-bond acceptors (Lipinski definition) is 5. The van der Waals surface area contributed by atoms with Crippen LogP contribution >= 0.6 is 0 Å². The number of alkyl halides is 3. The molecule has 1 aromatic heterocycles. The molecule has 2 aliphatic rings. The van der Waals surface area contributed by atoms with Crippen LogP contribution in [0.5, 0.6) is 5.75 Å². The predicted octanol–water partition coefficient (Wildman–Crippen LogP) is 3.66. The summed E-state index contributed by atoms with van der Waals surface area (Å²) < 4.78 is 45.9. The number of hydrogen-bond donors (Lipinski definition) is 1. The Morgan fingerprint density at radius 1 is 1.10 bits per heavy atom. The Morgan fingerprint density at radius 2 is 1.82 bits per heavy atom. The minimum Gasteiger partial charge on any atom is -0.491 e. The van der Waals surface area contributed by atoms with Crippen molar-refractivity contribution in [2.75, 3.05) is 39.8 Å². The highest BCUT2D eigenvalue weighted by Gasteiger charge is 2.43. The molecule has 218 valence electrons. The van der Waals surface area contributed by atoms with Gasteiger partial charge in [0.15, 0.2) is 5.69 Å². The van der Waals surface area contributed by atoms with E-state index in [1.54, 1.807) is 41.1 Å². The van der Waals surface area contributed by atoms with Crippen LogP contribution in [0.3, 0.4) is 0 Å². The molecular weight excluding hydrogens is 527 g/mol. The number of rotatable bonds is 3. The predicted molar refractivity (Wildman–Crippen MR) is 141 cm³/mol. The molecule has 9 nitrogen and oxygen atoms in total. The Bertz CT molecular complexity index is 1220. The molecule has 0 unspecified atom stereocenters. The molecule has 0 aliphatic carbocycles. The molecule has 12 heteroatoms. The number of nitrogens with zero attached hydrogens (tertiary/aromatic N) is 4. The van der Waals surface area contributed by atoms with Crippen molar-refractivity contribution in [3.8, 4) is 5.75 Å². The van der Waals surface area contributed by atoms with Crippen LogP contribution in [0.4, 0.5) is 13.2 Å². The second-order valence-corrected chi connectivity index (χ2v) is 10.6. The van der Waals surface area contributed by atoms with Crippen molar-refractivity contribution in [1.29, 1.82) is 0 Å². The van der Waals surface area contributed by atoms with Crippen LogP contribution in [0.1, 0.15) is 60.3 Å². The monoisotopic (exact) mass is 563 g/mol. The third-order valence-electron chi connectivity index (χ3n) is 7.87. The molecule has 40 heavy (non-hydrogen) atoms. The lowest BCUT2D eigenvalue weighted by atomic mass is 9.73. The minimum atomic E-state index is -4.53. The van der Waals surface area contributed by atoms with E-state index in [1.165, 1.54) is 11.6 Å². The van der Waals surface area contributed by atoms with E-state index in [9.17, 15) is 27.6 Å². The maximum Gasteiger partial charge on any atom is 0.435 e. The third kappa shape index (κ3) is 6.76. The van der Waals surface area contributed by atoms with Gasteiger partial charge < -0.3 is 19.9 Å². The van der Waals surface area contributed by atoms with Crippen molar-refractivity contribution in [3.05, 3.63) is 47.3 Å². The number of para-hydroxylation sites is 1. The first-order valence-electron chi connectivity index (χ1n) is 13.7. The fraction of sp³-hybridized carbons (Fsp3) is 0.571. The van der Waals surface area contributed by atoms with Crippen LogP contribution in [0, 0.1) is 12.3 Å². The number of likely N-dealkylation sites (tertiary alicyclic amines) is 1. The van der Waals surface area contributed by atoms with Gasteiger partial charge in [-0.15, -0.1) is 0 Å². The lowest BCUT2D eigenvalue weighted by molar-refractivity contribution is -0.148. The Hall–Kier alpha value is -3.57. The molecule has 1 saturated heterocycles. The SMILES string of the molecule is Cc1cc(C(F)(F)F)nn1CCC(=O)N1CCC2(CCCCNC(=O)c3ccccc3OCCN(C)C2=O)CC1. The van der Waals surface area contributed by atoms with Crippen LogP contribution in [-0.4, -0.2) is 77.1 Å². The molecule has 2 aromatic rings. The van der Waals surface area contributed by atoms with Gasteiger partial charge in [0, 0.05) is 45.3 Å². The average Bonchev–Trinajstić information content (AvgIpc) is 3.32. The minimum absolute atomic E-state index is 0.0180. The largest absolute Gasteiger partial charge is 0.491 e. The van der Waals surface area contributed by atoms with Crippen LogP contribution in [0.15, 0.2) is 30.3 Å². The number of nitrogens with one attached hydrogen (secondary N) is 1. The molecule has 1 fully saturated rings. The van der Waals surface area contributed by atoms with Crippen molar-refractivity contribution >= 4 is 17.7 Å². The van der Waals surface area contributed by atoms with Gasteiger partial charge in [0.1, 0.15) is 12.4 Å². The van der Waals surface area contributed by atoms with Gasteiger partial charge in [-0.2, -0.15) is 18.3 Å². The van der Waals surface area contributed by atoms with Crippen molar-refractivity contribution in [2.45, 2.75) is 58.2 Å². The number of amides is 3. The van der Waals surface area contributed by atoms with Crippen molar-refractivity contribution in [1.82, 2.24) is 24.9 Å². The maximum atomic E-state index is 13.7. The lowest BCUT2D eigenvalue weighted by Crippen LogP contribution is -2.51. The summed E-state index contributed by atoms with van der Waals surface area (Å²) in [7, 11) is 1.75. The van der Waals surface area contributed by atoms with Gasteiger partial charge in [-0.1, -0.05) is 18.6 Å². The molecule has 2 aliphatic heterocycles. The molecule has 1 N–H and O–H groups in total. The van der Waals surface area contributed by atoms with Crippen LogP contribution in [0.25, 0.3) is 0 Å². The van der Waals surface area contributed by atoms with E-state index in [0.29, 0.717) is 68.9 Å². The maximum absolute atomic E-state index is 13.7. The number of fused-ring (bicyclic) bond motifs is 1. The summed E-state index contributed by atoms with van der Waals surface area (Å²) >= 11 is 0. The van der Waals surface area contributed by atoms with E-state index in [-0.39, 0.29) is 37.3 Å². The third-order valence-corrected chi connectivity index (χ3v) is 7.87. The van der Waals surface area contributed by atoms with Gasteiger partial charge in [-0.3, -0.25) is 19.1 Å². The van der Waals surface area contributed by atoms with Gasteiger partial charge >= 0.3 is 6.18 Å². The number of piperidine rings is 1. The van der Waals surface area contributed by atoms with Crippen LogP contribution in [-0.2, 0) is 22.3 Å². The quantitative estimate of drug-likeness (QED) is 0.615. The number of likely N-dealkylation sites (N-methyl/N-ethyl adjacent to an activating group) is 1. The van der Waals surface area contributed by atoms with Crippen LogP contribution < -0.4 is 10.1 Å². The lowest BCUT2D eigenvalue weighted by Gasteiger charge is -2.43. The molecule has 1 spiro atoms. The van der Waals surface area contributed by atoms with Gasteiger partial charge in [0.2, 0.25) is 11.8 Å². The number of benzene rings is 1. The van der Waals surface area contributed by atoms with E-state index in [2.05, 4.69) is 10.4 Å². The van der Waals surface area contributed by atoms with Crippen LogP contribution in [0.2, 0.25) is 0 Å². The number of aromatic nitrogens is 2. The molecule has 0 bridgehead atoms. The normalized spacial score (nSPS) is 19.0. The van der Waals surface area contributed by atoms with E-state index in [1.807, 2.05) is 0 Å². The first-order valence-corrected chi connectivity index (χ1v) is 13.7. The van der Waals surface area contributed by atoms with Crippen molar-refractivity contribution in [3.63, 3.8) is 0 Å². The standard InChI is InChI=1S/C28H36F3N5O4/c1-20-19-23(28(29,30)31)33-36(20)14-9-24(37)35-15-11-27(12-16-35)10-5-6-13-32-25(38)21-7-3-4-8-22(21)40-18-17-34(2)26(27)39/h3-4,7-8,19H,5-6,9-18H2,1-2H3,(H,32,38). The second kappa shape index (κ2) is 12.3. The Kier molecular flexibility index (Phi) is 9.05. The molecule has 3 amide bonds. The van der Waals surface area contributed by atoms with Gasteiger partial charge in [0.25, 0.3) is 5.91 Å².